The first-order valence-corrected chi connectivity index (χ1v) is 10.8. The summed E-state index contributed by atoms with van der Waals surface area (Å²) in [5.41, 5.74) is 0. The van der Waals surface area contributed by atoms with E-state index in [0.717, 1.165) is 58.8 Å². The molecule has 2 N–H and O–H groups in total. The fourth-order valence-corrected chi connectivity index (χ4v) is 3.40. The standard InChI is InChI=1S/C20H40N2O5/c1-2-25-15-18(24)12-22(14-20-17-27-20)9-6-4-3-5-8-21(10-7-11-23)13-19-16-26-19/h18-20,23-24H,2-17H2,1H3. The van der Waals surface area contributed by atoms with Crippen LogP contribution >= 0.6 is 0 Å². The molecule has 7 nitrogen and oxygen atoms in total. The van der Waals surface area contributed by atoms with Gasteiger partial charge >= 0.3 is 0 Å². The van der Waals surface area contributed by atoms with Gasteiger partial charge in [-0.05, 0) is 39.3 Å². The van der Waals surface area contributed by atoms with E-state index in [9.17, 15) is 5.11 Å². The first-order chi connectivity index (χ1) is 13.2. The second-order valence-electron chi connectivity index (χ2n) is 7.78. The lowest BCUT2D eigenvalue weighted by molar-refractivity contribution is 0.0197. The summed E-state index contributed by atoms with van der Waals surface area (Å²) in [4.78, 5) is 4.74. The fourth-order valence-electron chi connectivity index (χ4n) is 3.40. The lowest BCUT2D eigenvalue weighted by atomic mass is 10.1. The third-order valence-corrected chi connectivity index (χ3v) is 5.04. The number of ether oxygens (including phenoxy) is 3. The molecule has 2 heterocycles. The van der Waals surface area contributed by atoms with Gasteiger partial charge < -0.3 is 29.3 Å². The Morgan fingerprint density at radius 3 is 2.04 bits per heavy atom. The van der Waals surface area contributed by atoms with Crippen molar-refractivity contribution >= 4 is 0 Å². The van der Waals surface area contributed by atoms with Crippen LogP contribution in [-0.2, 0) is 14.2 Å². The van der Waals surface area contributed by atoms with Crippen LogP contribution in [0.4, 0.5) is 0 Å². The van der Waals surface area contributed by atoms with Gasteiger partial charge in [-0.1, -0.05) is 12.8 Å². The van der Waals surface area contributed by atoms with E-state index < -0.39 is 6.10 Å². The van der Waals surface area contributed by atoms with Gasteiger partial charge in [-0.25, -0.2) is 0 Å². The van der Waals surface area contributed by atoms with Crippen molar-refractivity contribution in [2.45, 2.75) is 57.3 Å². The van der Waals surface area contributed by atoms with Crippen molar-refractivity contribution in [1.29, 1.82) is 0 Å². The molecule has 0 saturated carbocycles. The minimum atomic E-state index is -0.423. The van der Waals surface area contributed by atoms with Crippen LogP contribution in [0.15, 0.2) is 0 Å². The molecule has 160 valence electrons. The molecule has 2 fully saturated rings. The molecule has 27 heavy (non-hydrogen) atoms. The molecule has 2 aliphatic heterocycles. The maximum atomic E-state index is 10.1. The highest BCUT2D eigenvalue weighted by molar-refractivity contribution is 4.77. The van der Waals surface area contributed by atoms with Gasteiger partial charge in [-0.2, -0.15) is 0 Å². The largest absolute Gasteiger partial charge is 0.396 e. The van der Waals surface area contributed by atoms with Gasteiger partial charge in [0.25, 0.3) is 0 Å². The molecule has 0 aliphatic carbocycles. The highest BCUT2D eigenvalue weighted by atomic mass is 16.6. The number of rotatable bonds is 19. The van der Waals surface area contributed by atoms with Crippen molar-refractivity contribution in [1.82, 2.24) is 9.80 Å². The molecule has 0 aromatic rings. The van der Waals surface area contributed by atoms with Crippen LogP contribution in [0.2, 0.25) is 0 Å². The molecule has 2 saturated heterocycles. The molecule has 0 bridgehead atoms. The maximum Gasteiger partial charge on any atom is 0.0936 e. The topological polar surface area (TPSA) is 81.2 Å². The van der Waals surface area contributed by atoms with Gasteiger partial charge in [-0.3, -0.25) is 4.90 Å². The molecule has 0 aromatic heterocycles. The molecular weight excluding hydrogens is 348 g/mol. The third-order valence-electron chi connectivity index (χ3n) is 5.04. The molecule has 3 atom stereocenters. The Morgan fingerprint density at radius 2 is 1.48 bits per heavy atom. The van der Waals surface area contributed by atoms with Crippen LogP contribution in [0.5, 0.6) is 0 Å². The Balaban J connectivity index is 1.53. The number of epoxide rings is 2. The minimum Gasteiger partial charge on any atom is -0.396 e. The Labute approximate surface area is 164 Å². The number of unbranched alkanes of at least 4 members (excludes halogenated alkanes) is 3. The van der Waals surface area contributed by atoms with Crippen LogP contribution in [-0.4, -0.2) is 111 Å². The molecule has 7 heteroatoms. The van der Waals surface area contributed by atoms with E-state index in [4.69, 9.17) is 19.3 Å². The average molecular weight is 389 g/mol. The van der Waals surface area contributed by atoms with E-state index in [1.54, 1.807) is 0 Å². The first kappa shape index (κ1) is 23.0. The molecule has 2 rings (SSSR count). The molecule has 0 spiro atoms. The van der Waals surface area contributed by atoms with Gasteiger partial charge in [0.05, 0.1) is 38.1 Å². The van der Waals surface area contributed by atoms with Crippen molar-refractivity contribution in [2.75, 3.05) is 72.3 Å². The highest BCUT2D eigenvalue weighted by Crippen LogP contribution is 2.14. The number of aliphatic hydroxyl groups is 2. The van der Waals surface area contributed by atoms with Crippen LogP contribution in [0.25, 0.3) is 0 Å². The van der Waals surface area contributed by atoms with Crippen molar-refractivity contribution in [2.24, 2.45) is 0 Å². The molecule has 2 aliphatic rings. The predicted molar refractivity (Wildman–Crippen MR) is 105 cm³/mol. The summed E-state index contributed by atoms with van der Waals surface area (Å²) in [6.45, 7) is 10.7. The fraction of sp³-hybridized carbons (Fsp3) is 1.00. The van der Waals surface area contributed by atoms with Crippen LogP contribution < -0.4 is 0 Å². The zero-order valence-corrected chi connectivity index (χ0v) is 17.1. The zero-order chi connectivity index (χ0) is 19.3. The van der Waals surface area contributed by atoms with E-state index in [2.05, 4.69) is 9.80 Å². The van der Waals surface area contributed by atoms with Crippen molar-refractivity contribution in [3.63, 3.8) is 0 Å². The van der Waals surface area contributed by atoms with Crippen molar-refractivity contribution < 1.29 is 24.4 Å². The summed E-state index contributed by atoms with van der Waals surface area (Å²) in [6, 6.07) is 0. The smallest absolute Gasteiger partial charge is 0.0936 e. The predicted octanol–water partition coefficient (Wildman–Crippen LogP) is 0.728. The highest BCUT2D eigenvalue weighted by Gasteiger charge is 2.26. The van der Waals surface area contributed by atoms with Crippen LogP contribution in [0.3, 0.4) is 0 Å². The maximum absolute atomic E-state index is 10.1. The Hall–Kier alpha value is -0.280. The zero-order valence-electron chi connectivity index (χ0n) is 17.1. The lowest BCUT2D eigenvalue weighted by Crippen LogP contribution is -2.38. The molecule has 0 amide bonds. The van der Waals surface area contributed by atoms with E-state index in [0.29, 0.717) is 32.0 Å². The van der Waals surface area contributed by atoms with Gasteiger partial charge in [0, 0.05) is 39.4 Å². The molecular formula is C20H40N2O5. The normalized spacial score (nSPS) is 22.6. The molecule has 0 radical (unpaired) electrons. The lowest BCUT2D eigenvalue weighted by Gasteiger charge is -2.24. The molecule has 3 unspecified atom stereocenters. The van der Waals surface area contributed by atoms with E-state index in [1.165, 1.54) is 19.3 Å². The Bertz CT molecular complexity index is 366. The van der Waals surface area contributed by atoms with Gasteiger partial charge in [0.2, 0.25) is 0 Å². The number of aliphatic hydroxyl groups excluding tert-OH is 2. The van der Waals surface area contributed by atoms with Crippen LogP contribution in [0, 0.1) is 0 Å². The van der Waals surface area contributed by atoms with Gasteiger partial charge in [-0.15, -0.1) is 0 Å². The Kier molecular flexibility index (Phi) is 11.8. The average Bonchev–Trinajstić information content (AvgIpc) is 3.56. The quantitative estimate of drug-likeness (QED) is 0.249. The summed E-state index contributed by atoms with van der Waals surface area (Å²) in [7, 11) is 0. The van der Waals surface area contributed by atoms with Gasteiger partial charge in [0.1, 0.15) is 0 Å². The summed E-state index contributed by atoms with van der Waals surface area (Å²) in [5, 5.41) is 19.1. The summed E-state index contributed by atoms with van der Waals surface area (Å²) in [6.07, 6.45) is 5.96. The number of hydrogen-bond donors (Lipinski definition) is 2. The van der Waals surface area contributed by atoms with E-state index in [-0.39, 0.29) is 6.61 Å². The monoisotopic (exact) mass is 388 g/mol. The number of nitrogens with zero attached hydrogens (tertiary/aromatic N) is 2. The SMILES string of the molecule is CCOCC(O)CN(CCCCCCN(CCCO)CC1CO1)CC1CO1. The van der Waals surface area contributed by atoms with Gasteiger partial charge in [0.15, 0.2) is 0 Å². The Morgan fingerprint density at radius 1 is 0.926 bits per heavy atom. The van der Waals surface area contributed by atoms with Crippen molar-refractivity contribution in [3.8, 4) is 0 Å². The summed E-state index contributed by atoms with van der Waals surface area (Å²) < 4.78 is 16.0. The number of hydrogen-bond acceptors (Lipinski definition) is 7. The second kappa shape index (κ2) is 13.8. The minimum absolute atomic E-state index is 0.262. The second-order valence-corrected chi connectivity index (χ2v) is 7.78. The van der Waals surface area contributed by atoms with Crippen molar-refractivity contribution in [3.05, 3.63) is 0 Å². The van der Waals surface area contributed by atoms with E-state index >= 15 is 0 Å². The van der Waals surface area contributed by atoms with Crippen LogP contribution in [0.1, 0.15) is 39.0 Å². The summed E-state index contributed by atoms with van der Waals surface area (Å²) >= 11 is 0. The first-order valence-electron chi connectivity index (χ1n) is 10.8. The molecule has 0 aromatic carbocycles. The summed E-state index contributed by atoms with van der Waals surface area (Å²) in [5.74, 6) is 0. The third kappa shape index (κ3) is 12.0. The van der Waals surface area contributed by atoms with E-state index in [1.807, 2.05) is 6.92 Å².